The molecule has 18 heavy (non-hydrogen) atoms. The van der Waals surface area contributed by atoms with Crippen LogP contribution in [0.5, 0.6) is 0 Å². The van der Waals surface area contributed by atoms with Crippen LogP contribution >= 0.6 is 0 Å². The molecule has 2 aromatic rings. The van der Waals surface area contributed by atoms with E-state index in [1.807, 2.05) is 30.3 Å². The fourth-order valence-corrected chi connectivity index (χ4v) is 2.31. The van der Waals surface area contributed by atoms with Crippen LogP contribution in [0.15, 0.2) is 48.5 Å². The van der Waals surface area contributed by atoms with Gasteiger partial charge in [0.25, 0.3) is 0 Å². The zero-order valence-electron chi connectivity index (χ0n) is 11.1. The standard InChI is InChI=1S/C17H17N/c1-17(2,3)16-14(12-18)10-7-11-15(16)13-8-5-4-6-9-13/h4-11H,1-3H3. The van der Waals surface area contributed by atoms with Crippen LogP contribution in [0.2, 0.25) is 0 Å². The summed E-state index contributed by atoms with van der Waals surface area (Å²) in [7, 11) is 0. The van der Waals surface area contributed by atoms with E-state index < -0.39 is 0 Å². The van der Waals surface area contributed by atoms with E-state index in [0.29, 0.717) is 0 Å². The summed E-state index contributed by atoms with van der Waals surface area (Å²) in [5.74, 6) is 0. The Morgan fingerprint density at radius 1 is 0.889 bits per heavy atom. The van der Waals surface area contributed by atoms with E-state index in [1.54, 1.807) is 0 Å². The number of hydrogen-bond acceptors (Lipinski definition) is 1. The molecule has 2 aromatic carbocycles. The minimum absolute atomic E-state index is 0.0441. The van der Waals surface area contributed by atoms with Gasteiger partial charge in [-0.15, -0.1) is 0 Å². The lowest BCUT2D eigenvalue weighted by molar-refractivity contribution is 0.590. The quantitative estimate of drug-likeness (QED) is 0.712. The molecule has 0 spiro atoms. The van der Waals surface area contributed by atoms with Crippen LogP contribution in [0, 0.1) is 11.3 Å². The van der Waals surface area contributed by atoms with Gasteiger partial charge < -0.3 is 0 Å². The first-order valence-corrected chi connectivity index (χ1v) is 6.13. The first kappa shape index (κ1) is 12.4. The molecule has 1 heteroatoms. The topological polar surface area (TPSA) is 23.8 Å². The highest BCUT2D eigenvalue weighted by atomic mass is 14.3. The highest BCUT2D eigenvalue weighted by Gasteiger charge is 2.22. The lowest BCUT2D eigenvalue weighted by atomic mass is 9.79. The maximum Gasteiger partial charge on any atom is 0.0994 e. The molecule has 0 aliphatic rings. The van der Waals surface area contributed by atoms with E-state index in [4.69, 9.17) is 0 Å². The summed E-state index contributed by atoms with van der Waals surface area (Å²) < 4.78 is 0. The Balaban J connectivity index is 2.73. The van der Waals surface area contributed by atoms with Crippen molar-refractivity contribution < 1.29 is 0 Å². The number of hydrogen-bond donors (Lipinski definition) is 0. The summed E-state index contributed by atoms with van der Waals surface area (Å²) >= 11 is 0. The van der Waals surface area contributed by atoms with E-state index in [1.165, 1.54) is 5.56 Å². The van der Waals surface area contributed by atoms with Gasteiger partial charge in [-0.1, -0.05) is 63.2 Å². The van der Waals surface area contributed by atoms with Crippen molar-refractivity contribution in [2.75, 3.05) is 0 Å². The predicted octanol–water partition coefficient (Wildman–Crippen LogP) is 4.52. The van der Waals surface area contributed by atoms with Crippen LogP contribution in [0.3, 0.4) is 0 Å². The Hall–Kier alpha value is -2.07. The van der Waals surface area contributed by atoms with Gasteiger partial charge >= 0.3 is 0 Å². The summed E-state index contributed by atoms with van der Waals surface area (Å²) in [4.78, 5) is 0. The summed E-state index contributed by atoms with van der Waals surface area (Å²) in [6, 6.07) is 18.5. The van der Waals surface area contributed by atoms with Gasteiger partial charge in [-0.3, -0.25) is 0 Å². The van der Waals surface area contributed by atoms with Crippen LogP contribution in [-0.4, -0.2) is 0 Å². The molecule has 0 aliphatic carbocycles. The van der Waals surface area contributed by atoms with Crippen molar-refractivity contribution in [3.63, 3.8) is 0 Å². The molecule has 0 saturated carbocycles. The molecule has 2 rings (SSSR count). The first-order chi connectivity index (χ1) is 8.54. The molecule has 90 valence electrons. The van der Waals surface area contributed by atoms with Crippen molar-refractivity contribution >= 4 is 0 Å². The molecular weight excluding hydrogens is 218 g/mol. The van der Waals surface area contributed by atoms with Crippen LogP contribution in [-0.2, 0) is 5.41 Å². The highest BCUT2D eigenvalue weighted by molar-refractivity contribution is 5.71. The van der Waals surface area contributed by atoms with Gasteiger partial charge in [-0.05, 0) is 28.2 Å². The molecule has 0 radical (unpaired) electrons. The molecular formula is C17H17N. The van der Waals surface area contributed by atoms with Crippen LogP contribution in [0.25, 0.3) is 11.1 Å². The monoisotopic (exact) mass is 235 g/mol. The number of benzene rings is 2. The third-order valence-corrected chi connectivity index (χ3v) is 3.02. The summed E-state index contributed by atoms with van der Waals surface area (Å²) in [5.41, 5.74) is 4.17. The maximum atomic E-state index is 9.30. The second-order valence-electron chi connectivity index (χ2n) is 5.46. The van der Waals surface area contributed by atoms with Gasteiger partial charge in [-0.2, -0.15) is 5.26 Å². The smallest absolute Gasteiger partial charge is 0.0994 e. The first-order valence-electron chi connectivity index (χ1n) is 6.13. The number of nitrogens with zero attached hydrogens (tertiary/aromatic N) is 1. The van der Waals surface area contributed by atoms with Crippen molar-refractivity contribution in [3.8, 4) is 17.2 Å². The predicted molar refractivity (Wildman–Crippen MR) is 75.3 cm³/mol. The zero-order valence-corrected chi connectivity index (χ0v) is 11.1. The molecule has 0 aliphatic heterocycles. The maximum absolute atomic E-state index is 9.30. The van der Waals surface area contributed by atoms with Gasteiger partial charge in [0.15, 0.2) is 0 Å². The van der Waals surface area contributed by atoms with E-state index in [2.05, 4.69) is 45.0 Å². The minimum Gasteiger partial charge on any atom is -0.192 e. The van der Waals surface area contributed by atoms with Crippen molar-refractivity contribution in [2.24, 2.45) is 0 Å². The van der Waals surface area contributed by atoms with Crippen LogP contribution in [0.1, 0.15) is 31.9 Å². The fourth-order valence-electron chi connectivity index (χ4n) is 2.31. The van der Waals surface area contributed by atoms with Crippen molar-refractivity contribution in [1.29, 1.82) is 5.26 Å². The minimum atomic E-state index is -0.0441. The Bertz CT molecular complexity index is 583. The summed E-state index contributed by atoms with van der Waals surface area (Å²) in [6.45, 7) is 6.45. The van der Waals surface area contributed by atoms with Crippen LogP contribution in [0.4, 0.5) is 0 Å². The molecule has 0 unspecified atom stereocenters. The fraction of sp³-hybridized carbons (Fsp3) is 0.235. The Labute approximate surface area is 109 Å². The number of nitriles is 1. The summed E-state index contributed by atoms with van der Waals surface area (Å²) in [6.07, 6.45) is 0. The van der Waals surface area contributed by atoms with Crippen molar-refractivity contribution in [1.82, 2.24) is 0 Å². The highest BCUT2D eigenvalue weighted by Crippen LogP contribution is 2.35. The molecule has 0 bridgehead atoms. The van der Waals surface area contributed by atoms with Gasteiger partial charge in [0.05, 0.1) is 11.6 Å². The van der Waals surface area contributed by atoms with Crippen LogP contribution < -0.4 is 0 Å². The second kappa shape index (κ2) is 4.66. The van der Waals surface area contributed by atoms with Gasteiger partial charge in [0.2, 0.25) is 0 Å². The lowest BCUT2D eigenvalue weighted by Gasteiger charge is -2.24. The molecule has 0 N–H and O–H groups in total. The largest absolute Gasteiger partial charge is 0.192 e. The van der Waals surface area contributed by atoms with Gasteiger partial charge in [0, 0.05) is 0 Å². The third-order valence-electron chi connectivity index (χ3n) is 3.02. The second-order valence-corrected chi connectivity index (χ2v) is 5.46. The molecule has 0 heterocycles. The van der Waals surface area contributed by atoms with Crippen molar-refractivity contribution in [3.05, 3.63) is 59.7 Å². The Kier molecular flexibility index (Phi) is 3.21. The normalized spacial score (nSPS) is 11.0. The third kappa shape index (κ3) is 2.28. The molecule has 0 atom stereocenters. The summed E-state index contributed by atoms with van der Waals surface area (Å²) in [5, 5.41) is 9.30. The average Bonchev–Trinajstić information content (AvgIpc) is 2.38. The molecule has 1 nitrogen and oxygen atoms in total. The zero-order chi connectivity index (χ0) is 13.2. The van der Waals surface area contributed by atoms with E-state index in [-0.39, 0.29) is 5.41 Å². The molecule has 0 saturated heterocycles. The average molecular weight is 235 g/mol. The molecule has 0 amide bonds. The van der Waals surface area contributed by atoms with E-state index in [9.17, 15) is 5.26 Å². The van der Waals surface area contributed by atoms with Gasteiger partial charge in [0.1, 0.15) is 0 Å². The number of rotatable bonds is 1. The van der Waals surface area contributed by atoms with Gasteiger partial charge in [-0.25, -0.2) is 0 Å². The Morgan fingerprint density at radius 3 is 2.11 bits per heavy atom. The SMILES string of the molecule is CC(C)(C)c1c(C#N)cccc1-c1ccccc1. The lowest BCUT2D eigenvalue weighted by Crippen LogP contribution is -2.15. The van der Waals surface area contributed by atoms with Crippen molar-refractivity contribution in [2.45, 2.75) is 26.2 Å². The Morgan fingerprint density at radius 2 is 1.56 bits per heavy atom. The molecule has 0 fully saturated rings. The molecule has 0 aromatic heterocycles. The van der Waals surface area contributed by atoms with E-state index in [0.717, 1.165) is 16.7 Å². The van der Waals surface area contributed by atoms with E-state index >= 15 is 0 Å².